The van der Waals surface area contributed by atoms with Crippen molar-refractivity contribution < 1.29 is 24.5 Å². The van der Waals surface area contributed by atoms with Crippen LogP contribution in [0.5, 0.6) is 0 Å². The number of aliphatic hydroxyl groups is 2. The van der Waals surface area contributed by atoms with E-state index in [0.29, 0.717) is 19.4 Å². The summed E-state index contributed by atoms with van der Waals surface area (Å²) >= 11 is 0. The van der Waals surface area contributed by atoms with Crippen molar-refractivity contribution in [1.82, 2.24) is 5.32 Å². The van der Waals surface area contributed by atoms with E-state index in [9.17, 15) is 19.8 Å². The maximum atomic E-state index is 12.5. The third-order valence-electron chi connectivity index (χ3n) is 16.8. The average Bonchev–Trinajstić information content (AvgIpc) is 3.43. The van der Waals surface area contributed by atoms with Gasteiger partial charge in [0.05, 0.1) is 25.4 Å². The first-order chi connectivity index (χ1) is 38.0. The van der Waals surface area contributed by atoms with Crippen molar-refractivity contribution in [2.24, 2.45) is 0 Å². The van der Waals surface area contributed by atoms with Crippen molar-refractivity contribution in [2.75, 3.05) is 13.2 Å². The number of hydrogen-bond acceptors (Lipinski definition) is 5. The molecule has 0 radical (unpaired) electrons. The second kappa shape index (κ2) is 67.1. The highest BCUT2D eigenvalue weighted by Gasteiger charge is 2.18. The van der Waals surface area contributed by atoms with Gasteiger partial charge >= 0.3 is 5.97 Å². The number of hydrogen-bond donors (Lipinski definition) is 3. The van der Waals surface area contributed by atoms with Crippen LogP contribution in [0.4, 0.5) is 0 Å². The monoisotopic (exact) mass is 1090 g/mol. The molecule has 458 valence electrons. The molecule has 0 spiro atoms. The Labute approximate surface area is 482 Å². The number of carbonyl (C=O) groups excluding carboxylic acids is 2. The molecule has 0 heterocycles. The van der Waals surface area contributed by atoms with Gasteiger partial charge in [-0.3, -0.25) is 9.59 Å². The van der Waals surface area contributed by atoms with Gasteiger partial charge in [-0.15, -0.1) is 0 Å². The Balaban J connectivity index is 3.36. The molecule has 0 fully saturated rings. The van der Waals surface area contributed by atoms with Crippen molar-refractivity contribution in [1.29, 1.82) is 0 Å². The Morgan fingerprint density at radius 2 is 0.597 bits per heavy atom. The van der Waals surface area contributed by atoms with Gasteiger partial charge in [-0.05, 0) is 32.1 Å². The fourth-order valence-corrected chi connectivity index (χ4v) is 11.4. The third-order valence-corrected chi connectivity index (χ3v) is 16.8. The zero-order valence-corrected chi connectivity index (χ0v) is 52.5. The van der Waals surface area contributed by atoms with E-state index in [1.54, 1.807) is 6.08 Å². The van der Waals surface area contributed by atoms with Crippen LogP contribution in [0, 0.1) is 0 Å². The van der Waals surface area contributed by atoms with Crippen LogP contribution in [0.15, 0.2) is 12.2 Å². The summed E-state index contributed by atoms with van der Waals surface area (Å²) in [6.07, 6.45) is 82.9. The van der Waals surface area contributed by atoms with Crippen LogP contribution in [0.1, 0.15) is 406 Å². The Hall–Kier alpha value is -1.40. The van der Waals surface area contributed by atoms with E-state index >= 15 is 0 Å². The summed E-state index contributed by atoms with van der Waals surface area (Å²) in [7, 11) is 0. The molecular formula is C71H139NO5. The number of amides is 1. The lowest BCUT2D eigenvalue weighted by molar-refractivity contribution is -0.143. The Morgan fingerprint density at radius 1 is 0.351 bits per heavy atom. The van der Waals surface area contributed by atoms with Gasteiger partial charge in [-0.25, -0.2) is 0 Å². The van der Waals surface area contributed by atoms with Crippen LogP contribution >= 0.6 is 0 Å². The highest BCUT2D eigenvalue weighted by molar-refractivity contribution is 5.76. The van der Waals surface area contributed by atoms with Crippen LogP contribution in [0.2, 0.25) is 0 Å². The second-order valence-corrected chi connectivity index (χ2v) is 24.6. The SMILES string of the molecule is CCCCCCCCCCCCCCCCCC/C=C/C(O)C(CO)NC(=O)CCCCCCCCCCCCCCCCCCCCCCCCCOC(=O)CCCCCCCCCCCCCCCCCCCCC. The summed E-state index contributed by atoms with van der Waals surface area (Å²) in [4.78, 5) is 24.6. The first-order valence-electron chi connectivity index (χ1n) is 35.5. The third kappa shape index (κ3) is 63.6. The zero-order chi connectivity index (χ0) is 55.7. The molecule has 6 nitrogen and oxygen atoms in total. The minimum atomic E-state index is -0.844. The molecule has 0 rings (SSSR count). The number of aliphatic hydroxyl groups excluding tert-OH is 2. The lowest BCUT2D eigenvalue weighted by Gasteiger charge is -2.20. The summed E-state index contributed by atoms with van der Waals surface area (Å²) < 4.78 is 5.51. The van der Waals surface area contributed by atoms with Gasteiger partial charge in [-0.1, -0.05) is 373 Å². The van der Waals surface area contributed by atoms with Crippen molar-refractivity contribution in [2.45, 2.75) is 418 Å². The molecule has 0 aromatic heterocycles. The molecule has 0 saturated heterocycles. The van der Waals surface area contributed by atoms with E-state index in [4.69, 9.17) is 4.74 Å². The summed E-state index contributed by atoms with van der Waals surface area (Å²) in [6, 6.07) is -0.627. The first-order valence-corrected chi connectivity index (χ1v) is 35.5. The molecule has 0 aromatic rings. The van der Waals surface area contributed by atoms with E-state index in [1.807, 2.05) is 6.08 Å². The maximum Gasteiger partial charge on any atom is 0.305 e. The number of carbonyl (C=O) groups is 2. The molecule has 77 heavy (non-hydrogen) atoms. The first kappa shape index (κ1) is 75.6. The number of ether oxygens (including phenoxy) is 1. The lowest BCUT2D eigenvalue weighted by atomic mass is 10.0. The molecule has 2 unspecified atom stereocenters. The molecule has 1 amide bonds. The molecule has 0 aromatic carbocycles. The minimum absolute atomic E-state index is 0.0198. The Kier molecular flexibility index (Phi) is 65.9. The van der Waals surface area contributed by atoms with Crippen LogP contribution in [0.25, 0.3) is 0 Å². The zero-order valence-electron chi connectivity index (χ0n) is 52.5. The van der Waals surface area contributed by atoms with E-state index in [0.717, 1.165) is 38.5 Å². The standard InChI is InChI=1S/C71H139NO5/c1-3-5-7-9-11-13-15-17-19-21-28-33-37-41-45-49-53-57-61-65-71(76)77-66-62-58-54-50-46-42-38-34-30-27-25-23-24-26-29-32-36-40-44-48-52-56-60-64-70(75)72-68(67-73)69(74)63-59-55-51-47-43-39-35-31-22-20-18-16-14-12-10-8-6-4-2/h59,63,68-69,73-74H,3-58,60-62,64-67H2,1-2H3,(H,72,75)/b63-59+. The lowest BCUT2D eigenvalue weighted by Crippen LogP contribution is -2.45. The predicted molar refractivity (Wildman–Crippen MR) is 338 cm³/mol. The van der Waals surface area contributed by atoms with Crippen LogP contribution in [-0.4, -0.2) is 47.4 Å². The quantitative estimate of drug-likeness (QED) is 0.0320. The summed E-state index contributed by atoms with van der Waals surface area (Å²) in [5.74, 6) is -0.0436. The molecule has 0 aliphatic rings. The van der Waals surface area contributed by atoms with Crippen molar-refractivity contribution in [3.8, 4) is 0 Å². The van der Waals surface area contributed by atoms with Gasteiger partial charge < -0.3 is 20.3 Å². The molecule has 0 bridgehead atoms. The smallest absolute Gasteiger partial charge is 0.305 e. The predicted octanol–water partition coefficient (Wildman–Crippen LogP) is 22.8. The highest BCUT2D eigenvalue weighted by atomic mass is 16.5. The summed E-state index contributed by atoms with van der Waals surface area (Å²) in [5, 5.41) is 23.2. The molecule has 2 atom stereocenters. The normalized spacial score (nSPS) is 12.5. The van der Waals surface area contributed by atoms with Gasteiger partial charge in [0.2, 0.25) is 5.91 Å². The molecule has 0 aliphatic heterocycles. The molecule has 0 aliphatic carbocycles. The van der Waals surface area contributed by atoms with Crippen LogP contribution < -0.4 is 5.32 Å². The Bertz CT molecular complexity index is 1160. The van der Waals surface area contributed by atoms with Gasteiger partial charge in [0.25, 0.3) is 0 Å². The van der Waals surface area contributed by atoms with Gasteiger partial charge in [0.15, 0.2) is 0 Å². The van der Waals surface area contributed by atoms with E-state index < -0.39 is 12.1 Å². The molecule has 0 saturated carbocycles. The van der Waals surface area contributed by atoms with Crippen molar-refractivity contribution in [3.63, 3.8) is 0 Å². The largest absolute Gasteiger partial charge is 0.466 e. The second-order valence-electron chi connectivity index (χ2n) is 24.6. The fourth-order valence-electron chi connectivity index (χ4n) is 11.4. The number of rotatable bonds is 67. The maximum absolute atomic E-state index is 12.5. The van der Waals surface area contributed by atoms with Gasteiger partial charge in [-0.2, -0.15) is 0 Å². The Morgan fingerprint density at radius 3 is 0.883 bits per heavy atom. The summed E-state index contributed by atoms with van der Waals surface area (Å²) in [5.41, 5.74) is 0. The van der Waals surface area contributed by atoms with Crippen LogP contribution in [0.3, 0.4) is 0 Å². The molecule has 3 N–H and O–H groups in total. The van der Waals surface area contributed by atoms with Gasteiger partial charge in [0, 0.05) is 12.8 Å². The fraction of sp³-hybridized carbons (Fsp3) is 0.944. The number of esters is 1. The van der Waals surface area contributed by atoms with Gasteiger partial charge in [0.1, 0.15) is 0 Å². The number of nitrogens with one attached hydrogen (secondary N) is 1. The molecule has 6 heteroatoms. The van der Waals surface area contributed by atoms with E-state index in [2.05, 4.69) is 19.2 Å². The van der Waals surface area contributed by atoms with Crippen LogP contribution in [-0.2, 0) is 14.3 Å². The molecular weight excluding hydrogens is 947 g/mol. The minimum Gasteiger partial charge on any atom is -0.466 e. The van der Waals surface area contributed by atoms with Crippen molar-refractivity contribution >= 4 is 11.9 Å². The average molecular weight is 1090 g/mol. The highest BCUT2D eigenvalue weighted by Crippen LogP contribution is 2.19. The summed E-state index contributed by atoms with van der Waals surface area (Å²) in [6.45, 7) is 4.95. The van der Waals surface area contributed by atoms with E-state index in [-0.39, 0.29) is 18.5 Å². The van der Waals surface area contributed by atoms with Crippen molar-refractivity contribution in [3.05, 3.63) is 12.2 Å². The topological polar surface area (TPSA) is 95.9 Å². The van der Waals surface area contributed by atoms with E-state index in [1.165, 1.54) is 340 Å². The number of allylic oxidation sites excluding steroid dienone is 1. The number of unbranched alkanes of at least 4 members (excludes halogenated alkanes) is 56.